The van der Waals surface area contributed by atoms with E-state index >= 15 is 0 Å². The number of amides is 1. The average Bonchev–Trinajstić information content (AvgIpc) is 3.01. The lowest BCUT2D eigenvalue weighted by atomic mass is 10.1. The summed E-state index contributed by atoms with van der Waals surface area (Å²) in [6, 6.07) is 9.78. The zero-order valence-corrected chi connectivity index (χ0v) is 31.1. The molecule has 0 aliphatic heterocycles. The van der Waals surface area contributed by atoms with Crippen LogP contribution in [0.5, 0.6) is 17.4 Å². The second kappa shape index (κ2) is 14.6. The quantitative estimate of drug-likeness (QED) is 0.197. The van der Waals surface area contributed by atoms with Crippen molar-refractivity contribution < 1.29 is 62.2 Å². The van der Waals surface area contributed by atoms with Gasteiger partial charge in [-0.3, -0.25) is 4.79 Å². The van der Waals surface area contributed by atoms with Crippen molar-refractivity contribution in [2.75, 3.05) is 25.4 Å². The summed E-state index contributed by atoms with van der Waals surface area (Å²) in [6.45, 7) is 3.91. The van der Waals surface area contributed by atoms with Crippen LogP contribution in [-0.4, -0.2) is 86.0 Å². The number of nitrogens with one attached hydrogen (secondary N) is 1. The third-order valence-corrected chi connectivity index (χ3v) is 11.2. The van der Waals surface area contributed by atoms with Crippen molar-refractivity contribution in [3.63, 3.8) is 0 Å². The first-order chi connectivity index (χ1) is 23.9. The average molecular weight is 800 g/mol. The number of ether oxygens (including phenoxy) is 2. The van der Waals surface area contributed by atoms with Crippen molar-refractivity contribution >= 4 is 51.4 Å². The van der Waals surface area contributed by atoms with Crippen molar-refractivity contribution in [3.05, 3.63) is 77.7 Å². The summed E-state index contributed by atoms with van der Waals surface area (Å²) in [5, 5.41) is 8.34. The number of carbonyl (C=O) groups excluding carboxylic acids is 1. The van der Waals surface area contributed by atoms with Crippen molar-refractivity contribution in [2.24, 2.45) is 5.92 Å². The Balaban J connectivity index is 1.98. The number of rotatable bonds is 13. The molecule has 2 aromatic carbocycles. The van der Waals surface area contributed by atoms with Crippen LogP contribution < -0.4 is 14.2 Å². The molecule has 2 N–H and O–H groups in total. The summed E-state index contributed by atoms with van der Waals surface area (Å²) in [7, 11) is -18.2. The minimum Gasteiger partial charge on any atom is -0.493 e. The first-order valence-corrected chi connectivity index (χ1v) is 21.7. The molecule has 0 saturated heterocycles. The maximum atomic E-state index is 14.7. The molecule has 2 heterocycles. The van der Waals surface area contributed by atoms with Gasteiger partial charge >= 0.3 is 5.97 Å². The number of sulfonamides is 1. The van der Waals surface area contributed by atoms with Gasteiger partial charge in [0.25, 0.3) is 15.9 Å². The zero-order valence-electron chi connectivity index (χ0n) is 27.8. The SMILES string of the molecule is CC(C)COc1cc(F)cc(-c2ccc(C(=O)NS(=O)(=O)c3cccc(C(=O)O)n3)c(Oc3c(S(C)(=O)=O)cc(S(C)(=O)=O)cc3S(C)(=O)=O)n2)c1. The first-order valence-electron chi connectivity index (χ1n) is 14.5. The number of carboxylic acids is 1. The number of aromatic carboxylic acids is 1. The van der Waals surface area contributed by atoms with Gasteiger partial charge in [0, 0.05) is 30.4 Å². The van der Waals surface area contributed by atoms with E-state index < -0.39 is 99.8 Å². The van der Waals surface area contributed by atoms with Crippen LogP contribution in [0.2, 0.25) is 0 Å². The van der Waals surface area contributed by atoms with Gasteiger partial charge in [0.2, 0.25) is 5.88 Å². The number of pyridine rings is 2. The Kier molecular flexibility index (Phi) is 11.1. The fourth-order valence-corrected chi connectivity index (χ4v) is 7.81. The topological polar surface area (TPSA) is 247 Å². The van der Waals surface area contributed by atoms with Crippen molar-refractivity contribution in [3.8, 4) is 28.6 Å². The van der Waals surface area contributed by atoms with E-state index in [1.807, 2.05) is 13.8 Å². The zero-order chi connectivity index (χ0) is 39.0. The lowest BCUT2D eigenvalue weighted by molar-refractivity contribution is 0.0689. The predicted molar refractivity (Wildman–Crippen MR) is 182 cm³/mol. The third-order valence-electron chi connectivity index (χ3n) is 6.72. The summed E-state index contributed by atoms with van der Waals surface area (Å²) >= 11 is 0. The largest absolute Gasteiger partial charge is 0.493 e. The summed E-state index contributed by atoms with van der Waals surface area (Å²) in [4.78, 5) is 30.0. The number of nitrogens with zero attached hydrogens (tertiary/aromatic N) is 2. The summed E-state index contributed by atoms with van der Waals surface area (Å²) < 4.78 is 131. The Morgan fingerprint density at radius 3 is 1.98 bits per heavy atom. The van der Waals surface area contributed by atoms with Crippen molar-refractivity contribution in [2.45, 2.75) is 33.6 Å². The number of carbonyl (C=O) groups is 2. The van der Waals surface area contributed by atoms with E-state index in [1.54, 1.807) is 4.72 Å². The number of hydrogen-bond donors (Lipinski definition) is 2. The van der Waals surface area contributed by atoms with E-state index in [0.717, 1.165) is 42.5 Å². The van der Waals surface area contributed by atoms with Gasteiger partial charge in [-0.2, -0.15) is 8.42 Å². The van der Waals surface area contributed by atoms with E-state index in [9.17, 15) is 52.8 Å². The van der Waals surface area contributed by atoms with E-state index in [-0.39, 0.29) is 29.5 Å². The molecule has 1 amide bonds. The van der Waals surface area contributed by atoms with Crippen LogP contribution >= 0.6 is 0 Å². The lowest BCUT2D eigenvalue weighted by Crippen LogP contribution is -2.32. The van der Waals surface area contributed by atoms with Gasteiger partial charge in [-0.15, -0.1) is 0 Å². The second-order valence-electron chi connectivity index (χ2n) is 11.7. The monoisotopic (exact) mass is 799 g/mol. The van der Waals surface area contributed by atoms with Gasteiger partial charge in [0.1, 0.15) is 32.6 Å². The fourth-order valence-electron chi connectivity index (χ4n) is 4.34. The van der Waals surface area contributed by atoms with Crippen molar-refractivity contribution in [1.29, 1.82) is 0 Å². The highest BCUT2D eigenvalue weighted by Crippen LogP contribution is 2.39. The molecule has 2 aromatic heterocycles. The van der Waals surface area contributed by atoms with Gasteiger partial charge in [0.15, 0.2) is 40.3 Å². The molecule has 4 rings (SSSR count). The highest BCUT2D eigenvalue weighted by molar-refractivity contribution is 7.92. The van der Waals surface area contributed by atoms with E-state index in [2.05, 4.69) is 9.97 Å². The van der Waals surface area contributed by atoms with Crippen LogP contribution in [0.3, 0.4) is 0 Å². The van der Waals surface area contributed by atoms with Crippen LogP contribution in [0.15, 0.2) is 80.4 Å². The molecule has 52 heavy (non-hydrogen) atoms. The molecule has 0 atom stereocenters. The third kappa shape index (κ3) is 9.46. The molecule has 0 unspecified atom stereocenters. The van der Waals surface area contributed by atoms with Crippen molar-refractivity contribution in [1.82, 2.24) is 14.7 Å². The van der Waals surface area contributed by atoms with Gasteiger partial charge in [-0.1, -0.05) is 19.9 Å². The van der Waals surface area contributed by atoms with Gasteiger partial charge in [-0.05, 0) is 54.4 Å². The molecule has 0 fully saturated rings. The number of halogens is 1. The number of carboxylic acid groups (broad SMARTS) is 1. The van der Waals surface area contributed by atoms with Crippen LogP contribution in [0.4, 0.5) is 4.39 Å². The Labute approximate surface area is 298 Å². The number of benzene rings is 2. The Morgan fingerprint density at radius 1 is 0.827 bits per heavy atom. The summed E-state index contributed by atoms with van der Waals surface area (Å²) in [6.07, 6.45) is 1.95. The fraction of sp³-hybridized carbons (Fsp3) is 0.226. The Morgan fingerprint density at radius 2 is 1.44 bits per heavy atom. The predicted octanol–water partition coefficient (Wildman–Crippen LogP) is 3.14. The molecular formula is C31H30FN3O13S4. The van der Waals surface area contributed by atoms with Crippen LogP contribution in [0.1, 0.15) is 34.7 Å². The van der Waals surface area contributed by atoms with E-state index in [0.29, 0.717) is 30.9 Å². The molecular weight excluding hydrogens is 770 g/mol. The maximum Gasteiger partial charge on any atom is 0.354 e. The molecule has 16 nitrogen and oxygen atoms in total. The summed E-state index contributed by atoms with van der Waals surface area (Å²) in [5.74, 6) is -5.61. The van der Waals surface area contributed by atoms with Gasteiger partial charge in [-0.25, -0.2) is 49.1 Å². The number of sulfone groups is 3. The van der Waals surface area contributed by atoms with Crippen LogP contribution in [0.25, 0.3) is 11.3 Å². The second-order valence-corrected chi connectivity index (χ2v) is 19.3. The molecule has 0 radical (unpaired) electrons. The lowest BCUT2D eigenvalue weighted by Gasteiger charge is -2.18. The molecule has 0 saturated carbocycles. The number of aromatic nitrogens is 2. The molecule has 0 bridgehead atoms. The normalized spacial score (nSPS) is 12.4. The molecule has 0 aliphatic rings. The summed E-state index contributed by atoms with van der Waals surface area (Å²) in [5.41, 5.74) is -1.55. The van der Waals surface area contributed by atoms with Crippen LogP contribution in [-0.2, 0) is 39.5 Å². The van der Waals surface area contributed by atoms with E-state index in [1.165, 1.54) is 6.07 Å². The smallest absolute Gasteiger partial charge is 0.354 e. The highest BCUT2D eigenvalue weighted by Gasteiger charge is 2.31. The molecule has 278 valence electrons. The Bertz CT molecular complexity index is 2500. The minimum atomic E-state index is -4.91. The molecule has 4 aromatic rings. The highest BCUT2D eigenvalue weighted by atomic mass is 32.2. The van der Waals surface area contributed by atoms with E-state index in [4.69, 9.17) is 9.47 Å². The van der Waals surface area contributed by atoms with Gasteiger partial charge < -0.3 is 14.6 Å². The Hall–Kier alpha value is -4.99. The standard InChI is InChI=1S/C31H30FN3O13S4/c1-17(2)16-47-20-12-18(11-19(32)13-20)23-10-9-22(29(36)35-52(45,46)27-8-6-7-24(33-27)31(37)38)30(34-23)48-28-25(50(4,41)42)14-21(49(3,39)40)15-26(28)51(5,43)44/h6-15,17H,16H2,1-5H3,(H,35,36)(H,37,38). The minimum absolute atomic E-state index is 0.0250. The molecule has 0 aliphatic carbocycles. The maximum absolute atomic E-state index is 14.7. The number of hydrogen-bond acceptors (Lipinski definition) is 14. The van der Waals surface area contributed by atoms with Crippen LogP contribution in [0, 0.1) is 11.7 Å². The first kappa shape index (κ1) is 39.8. The molecule has 21 heteroatoms. The molecule has 0 spiro atoms. The van der Waals surface area contributed by atoms with Gasteiger partial charge in [0.05, 0.1) is 17.2 Å².